The molecule has 0 spiro atoms. The summed E-state index contributed by atoms with van der Waals surface area (Å²) in [7, 11) is 0. The highest BCUT2D eigenvalue weighted by molar-refractivity contribution is 7.15. The molecule has 5 rings (SSSR count). The molecule has 0 bridgehead atoms. The number of carbonyl (C=O) groups excluding carboxylic acids is 1. The Balaban J connectivity index is 1.17. The number of pyridine rings is 1. The van der Waals surface area contributed by atoms with Crippen molar-refractivity contribution in [2.45, 2.75) is 20.0 Å². The van der Waals surface area contributed by atoms with Crippen LogP contribution >= 0.6 is 11.3 Å². The predicted octanol–water partition coefficient (Wildman–Crippen LogP) is 5.06. The summed E-state index contributed by atoms with van der Waals surface area (Å²) >= 11 is 1.26. The molecule has 0 fully saturated rings. The first-order valence-corrected chi connectivity index (χ1v) is 11.4. The second-order valence-corrected chi connectivity index (χ2v) is 8.79. The van der Waals surface area contributed by atoms with E-state index in [1.54, 1.807) is 30.3 Å². The second kappa shape index (κ2) is 9.40. The van der Waals surface area contributed by atoms with Crippen molar-refractivity contribution >= 4 is 28.0 Å². The predicted molar refractivity (Wildman–Crippen MR) is 128 cm³/mol. The fourth-order valence-electron chi connectivity index (χ4n) is 3.50. The van der Waals surface area contributed by atoms with Gasteiger partial charge in [0.2, 0.25) is 5.13 Å². The number of amides is 1. The summed E-state index contributed by atoms with van der Waals surface area (Å²) in [5.41, 5.74) is 4.09. The zero-order chi connectivity index (χ0) is 23.5. The molecule has 5 aromatic rings. The number of anilines is 1. The van der Waals surface area contributed by atoms with E-state index in [0.29, 0.717) is 34.5 Å². The molecule has 0 aliphatic heterocycles. The average molecular weight is 474 g/mol. The summed E-state index contributed by atoms with van der Waals surface area (Å²) in [4.78, 5) is 17.2. The molecule has 0 radical (unpaired) electrons. The highest BCUT2D eigenvalue weighted by Gasteiger charge is 2.12. The molecule has 0 atom stereocenters. The van der Waals surface area contributed by atoms with E-state index >= 15 is 0 Å². The van der Waals surface area contributed by atoms with E-state index in [0.717, 1.165) is 22.5 Å². The summed E-state index contributed by atoms with van der Waals surface area (Å²) in [5.74, 6) is 0.0471. The molecule has 7 nitrogen and oxygen atoms in total. The Hall–Kier alpha value is -4.11. The normalized spacial score (nSPS) is 11.0. The minimum Gasteiger partial charge on any atom is -0.487 e. The molecule has 0 saturated heterocycles. The Morgan fingerprint density at radius 1 is 1.12 bits per heavy atom. The molecule has 0 aliphatic carbocycles. The number of rotatable bonds is 7. The molecule has 0 saturated carbocycles. The molecule has 2 aromatic carbocycles. The number of aromatic nitrogens is 4. The SMILES string of the molecule is Cc1cccn2cc(COc3ccc(C(=O)Nc4nnc(Cc5cccc(F)c5)s4)cc3)nc12. The van der Waals surface area contributed by atoms with Crippen LogP contribution in [0, 0.1) is 12.7 Å². The molecule has 0 unspecified atom stereocenters. The number of aryl methyl sites for hydroxylation is 1. The lowest BCUT2D eigenvalue weighted by atomic mass is 10.1. The van der Waals surface area contributed by atoms with Crippen molar-refractivity contribution in [3.8, 4) is 5.75 Å². The van der Waals surface area contributed by atoms with Crippen LogP contribution < -0.4 is 10.1 Å². The second-order valence-electron chi connectivity index (χ2n) is 7.73. The third-order valence-corrected chi connectivity index (χ3v) is 6.00. The maximum absolute atomic E-state index is 13.4. The van der Waals surface area contributed by atoms with Crippen molar-refractivity contribution in [2.24, 2.45) is 0 Å². The maximum Gasteiger partial charge on any atom is 0.257 e. The van der Waals surface area contributed by atoms with Crippen LogP contribution in [0.4, 0.5) is 9.52 Å². The van der Waals surface area contributed by atoms with Gasteiger partial charge in [0.05, 0.1) is 5.69 Å². The Bertz CT molecular complexity index is 1460. The van der Waals surface area contributed by atoms with Crippen LogP contribution in [-0.4, -0.2) is 25.5 Å². The standard InChI is InChI=1S/C25H20FN5O2S/c1-16-4-3-11-31-14-20(27-23(16)31)15-33-21-9-7-18(8-10-21)24(32)28-25-30-29-22(34-25)13-17-5-2-6-19(26)12-17/h2-12,14H,13,15H2,1H3,(H,28,30,32). The van der Waals surface area contributed by atoms with Crippen molar-refractivity contribution in [3.05, 3.63) is 106 Å². The number of halogens is 1. The Kier molecular flexibility index (Phi) is 6.01. The van der Waals surface area contributed by atoms with Crippen molar-refractivity contribution in [3.63, 3.8) is 0 Å². The fourth-order valence-corrected chi connectivity index (χ4v) is 4.27. The van der Waals surface area contributed by atoms with Crippen LogP contribution in [0.3, 0.4) is 0 Å². The van der Waals surface area contributed by atoms with Crippen LogP contribution in [0.15, 0.2) is 73.1 Å². The van der Waals surface area contributed by atoms with E-state index < -0.39 is 0 Å². The van der Waals surface area contributed by atoms with Gasteiger partial charge in [-0.15, -0.1) is 10.2 Å². The van der Waals surface area contributed by atoms with Gasteiger partial charge in [0.15, 0.2) is 0 Å². The van der Waals surface area contributed by atoms with Crippen LogP contribution in [0.2, 0.25) is 0 Å². The smallest absolute Gasteiger partial charge is 0.257 e. The van der Waals surface area contributed by atoms with Crippen LogP contribution in [0.5, 0.6) is 5.75 Å². The van der Waals surface area contributed by atoms with Crippen LogP contribution in [0.1, 0.15) is 32.2 Å². The number of benzene rings is 2. The summed E-state index contributed by atoms with van der Waals surface area (Å²) in [6, 6.07) is 17.2. The van der Waals surface area contributed by atoms with E-state index in [-0.39, 0.29) is 11.7 Å². The lowest BCUT2D eigenvalue weighted by molar-refractivity contribution is 0.102. The van der Waals surface area contributed by atoms with Gasteiger partial charge in [-0.2, -0.15) is 0 Å². The van der Waals surface area contributed by atoms with Gasteiger partial charge in [-0.1, -0.05) is 29.5 Å². The monoisotopic (exact) mass is 473 g/mol. The third-order valence-electron chi connectivity index (χ3n) is 5.16. The molecule has 9 heteroatoms. The van der Waals surface area contributed by atoms with Gasteiger partial charge in [0.1, 0.15) is 28.8 Å². The average Bonchev–Trinajstić information content (AvgIpc) is 3.45. The van der Waals surface area contributed by atoms with Crippen LogP contribution in [-0.2, 0) is 13.0 Å². The number of ether oxygens (including phenoxy) is 1. The first kappa shape index (κ1) is 21.7. The number of nitrogens with zero attached hydrogens (tertiary/aromatic N) is 4. The van der Waals surface area contributed by atoms with Gasteiger partial charge in [-0.3, -0.25) is 10.1 Å². The summed E-state index contributed by atoms with van der Waals surface area (Å²) in [6.07, 6.45) is 4.34. The largest absolute Gasteiger partial charge is 0.487 e. The van der Waals surface area contributed by atoms with Crippen molar-refractivity contribution in [1.82, 2.24) is 19.6 Å². The topological polar surface area (TPSA) is 81.4 Å². The zero-order valence-electron chi connectivity index (χ0n) is 18.2. The van der Waals surface area contributed by atoms with Gasteiger partial charge in [-0.05, 0) is 60.5 Å². The lowest BCUT2D eigenvalue weighted by Gasteiger charge is -2.05. The minimum atomic E-state index is -0.296. The van der Waals surface area contributed by atoms with E-state index in [1.807, 2.05) is 41.9 Å². The highest BCUT2D eigenvalue weighted by Crippen LogP contribution is 2.21. The van der Waals surface area contributed by atoms with Gasteiger partial charge >= 0.3 is 0 Å². The Morgan fingerprint density at radius 3 is 2.76 bits per heavy atom. The lowest BCUT2D eigenvalue weighted by Crippen LogP contribution is -2.11. The Morgan fingerprint density at radius 2 is 1.97 bits per heavy atom. The number of hydrogen-bond donors (Lipinski definition) is 1. The molecule has 1 amide bonds. The molecular formula is C25H20FN5O2S. The molecule has 34 heavy (non-hydrogen) atoms. The molecule has 170 valence electrons. The van der Waals surface area contributed by atoms with E-state index in [4.69, 9.17) is 4.74 Å². The van der Waals surface area contributed by atoms with Gasteiger partial charge < -0.3 is 9.14 Å². The number of nitrogens with one attached hydrogen (secondary N) is 1. The maximum atomic E-state index is 13.4. The van der Waals surface area contributed by atoms with Gasteiger partial charge in [-0.25, -0.2) is 9.37 Å². The molecular weight excluding hydrogens is 453 g/mol. The van der Waals surface area contributed by atoms with Crippen molar-refractivity contribution < 1.29 is 13.9 Å². The van der Waals surface area contributed by atoms with E-state index in [1.165, 1.54) is 23.5 Å². The first-order chi connectivity index (χ1) is 16.5. The summed E-state index contributed by atoms with van der Waals surface area (Å²) in [5, 5.41) is 11.9. The first-order valence-electron chi connectivity index (χ1n) is 10.6. The number of carbonyl (C=O) groups is 1. The molecule has 3 heterocycles. The zero-order valence-corrected chi connectivity index (χ0v) is 19.1. The van der Waals surface area contributed by atoms with E-state index in [9.17, 15) is 9.18 Å². The number of fused-ring (bicyclic) bond motifs is 1. The quantitative estimate of drug-likeness (QED) is 0.358. The minimum absolute atomic E-state index is 0.295. The highest BCUT2D eigenvalue weighted by atomic mass is 32.1. The number of imidazole rings is 1. The fraction of sp³-hybridized carbons (Fsp3) is 0.120. The molecule has 1 N–H and O–H groups in total. The third kappa shape index (κ3) is 4.94. The van der Waals surface area contributed by atoms with Crippen LogP contribution in [0.25, 0.3) is 5.65 Å². The van der Waals surface area contributed by atoms with E-state index in [2.05, 4.69) is 20.5 Å². The number of hydrogen-bond acceptors (Lipinski definition) is 6. The molecule has 0 aliphatic rings. The van der Waals surface area contributed by atoms with Gasteiger partial charge in [0.25, 0.3) is 5.91 Å². The molecule has 3 aromatic heterocycles. The Labute approximate surface area is 198 Å². The van der Waals surface area contributed by atoms with Crippen molar-refractivity contribution in [2.75, 3.05) is 5.32 Å². The van der Waals surface area contributed by atoms with Crippen molar-refractivity contribution in [1.29, 1.82) is 0 Å². The summed E-state index contributed by atoms with van der Waals surface area (Å²) in [6.45, 7) is 2.34. The van der Waals surface area contributed by atoms with Gasteiger partial charge in [0, 0.05) is 24.4 Å². The summed E-state index contributed by atoms with van der Waals surface area (Å²) < 4.78 is 21.2.